The molecule has 1 aromatic carbocycles. The Kier molecular flexibility index (Phi) is 4.31. The van der Waals surface area contributed by atoms with Crippen molar-refractivity contribution in [2.24, 2.45) is 11.7 Å². The summed E-state index contributed by atoms with van der Waals surface area (Å²) in [5.41, 5.74) is 6.73. The van der Waals surface area contributed by atoms with Crippen LogP contribution >= 0.6 is 11.3 Å². The summed E-state index contributed by atoms with van der Waals surface area (Å²) in [6.07, 6.45) is 2.36. The number of carbonyl (C=O) groups excluding carboxylic acids is 2. The standard InChI is InChI=1S/C19H21N3O2S/c20-18(23)14-3-1-2-13(10-14)16-4-5-17(25-16)19(24)21-15-11-22-8-6-12(15)7-9-22/h1-5,10,12,15H,6-9,11H2,(H2,20,23)(H,21,24)/t15-/m0/s1. The fourth-order valence-corrected chi connectivity index (χ4v) is 4.71. The number of piperidine rings is 3. The highest BCUT2D eigenvalue weighted by atomic mass is 32.1. The number of amides is 2. The SMILES string of the molecule is NC(=O)c1cccc(-c2ccc(C(=O)N[C@H]3CN4CCC3CC4)s2)c1. The van der Waals surface area contributed by atoms with Gasteiger partial charge in [-0.1, -0.05) is 12.1 Å². The van der Waals surface area contributed by atoms with Crippen molar-refractivity contribution < 1.29 is 9.59 Å². The molecule has 0 unspecified atom stereocenters. The first-order valence-electron chi connectivity index (χ1n) is 8.63. The van der Waals surface area contributed by atoms with Crippen molar-refractivity contribution >= 4 is 23.2 Å². The highest BCUT2D eigenvalue weighted by Crippen LogP contribution is 2.30. The molecule has 3 N–H and O–H groups in total. The van der Waals surface area contributed by atoms with Crippen LogP contribution in [-0.4, -0.2) is 42.4 Å². The summed E-state index contributed by atoms with van der Waals surface area (Å²) in [4.78, 5) is 28.1. The Hall–Kier alpha value is -2.18. The Labute approximate surface area is 150 Å². The number of rotatable bonds is 4. The molecule has 3 aliphatic rings. The number of nitrogens with zero attached hydrogens (tertiary/aromatic N) is 1. The summed E-state index contributed by atoms with van der Waals surface area (Å²) in [6.45, 7) is 3.29. The molecule has 3 saturated heterocycles. The average Bonchev–Trinajstić information content (AvgIpc) is 3.13. The van der Waals surface area contributed by atoms with Crippen molar-refractivity contribution in [3.63, 3.8) is 0 Å². The second kappa shape index (κ2) is 6.61. The summed E-state index contributed by atoms with van der Waals surface area (Å²) in [7, 11) is 0. The summed E-state index contributed by atoms with van der Waals surface area (Å²) in [5, 5.41) is 3.22. The lowest BCUT2D eigenvalue weighted by Gasteiger charge is -2.44. The molecular weight excluding hydrogens is 334 g/mol. The van der Waals surface area contributed by atoms with Crippen LogP contribution in [0, 0.1) is 5.92 Å². The third kappa shape index (κ3) is 3.32. The quantitative estimate of drug-likeness (QED) is 0.884. The van der Waals surface area contributed by atoms with Gasteiger partial charge in [0.1, 0.15) is 0 Å². The van der Waals surface area contributed by atoms with Crippen LogP contribution in [0.15, 0.2) is 36.4 Å². The molecule has 0 spiro atoms. The summed E-state index contributed by atoms with van der Waals surface area (Å²) in [5.74, 6) is 0.167. The summed E-state index contributed by atoms with van der Waals surface area (Å²) in [6, 6.07) is 11.2. The van der Waals surface area contributed by atoms with Gasteiger partial charge in [0, 0.05) is 23.0 Å². The zero-order valence-corrected chi connectivity index (χ0v) is 14.7. The van der Waals surface area contributed by atoms with Gasteiger partial charge in [-0.25, -0.2) is 0 Å². The number of carbonyl (C=O) groups is 2. The van der Waals surface area contributed by atoms with Gasteiger partial charge in [0.05, 0.1) is 4.88 Å². The van der Waals surface area contributed by atoms with Gasteiger partial charge < -0.3 is 16.0 Å². The van der Waals surface area contributed by atoms with Gasteiger partial charge in [-0.3, -0.25) is 9.59 Å². The molecule has 6 heteroatoms. The van der Waals surface area contributed by atoms with Crippen LogP contribution in [0.2, 0.25) is 0 Å². The molecule has 2 amide bonds. The van der Waals surface area contributed by atoms with Crippen molar-refractivity contribution in [3.05, 3.63) is 46.8 Å². The van der Waals surface area contributed by atoms with E-state index in [2.05, 4.69) is 10.2 Å². The van der Waals surface area contributed by atoms with Gasteiger partial charge in [0.15, 0.2) is 0 Å². The first kappa shape index (κ1) is 16.3. The fourth-order valence-electron chi connectivity index (χ4n) is 3.81. The van der Waals surface area contributed by atoms with Gasteiger partial charge in [0.2, 0.25) is 5.91 Å². The average molecular weight is 355 g/mol. The molecule has 0 saturated carbocycles. The van der Waals surface area contributed by atoms with Gasteiger partial charge in [-0.05, 0) is 61.7 Å². The molecule has 5 nitrogen and oxygen atoms in total. The Bertz CT molecular complexity index is 809. The lowest BCUT2D eigenvalue weighted by Crippen LogP contribution is -2.57. The number of nitrogens with one attached hydrogen (secondary N) is 1. The van der Waals surface area contributed by atoms with Gasteiger partial charge >= 0.3 is 0 Å². The molecule has 3 fully saturated rings. The largest absolute Gasteiger partial charge is 0.366 e. The van der Waals surface area contributed by atoms with Crippen LogP contribution in [0.1, 0.15) is 32.9 Å². The van der Waals surface area contributed by atoms with Crippen LogP contribution < -0.4 is 11.1 Å². The molecule has 3 aliphatic heterocycles. The number of thiophene rings is 1. The van der Waals surface area contributed by atoms with E-state index in [0.717, 1.165) is 30.1 Å². The molecule has 4 heterocycles. The topological polar surface area (TPSA) is 75.4 Å². The zero-order chi connectivity index (χ0) is 17.4. The van der Waals surface area contributed by atoms with E-state index >= 15 is 0 Å². The van der Waals surface area contributed by atoms with E-state index in [4.69, 9.17) is 5.73 Å². The van der Waals surface area contributed by atoms with Crippen molar-refractivity contribution in [2.45, 2.75) is 18.9 Å². The molecule has 1 aromatic heterocycles. The highest BCUT2D eigenvalue weighted by Gasteiger charge is 2.35. The number of hydrogen-bond donors (Lipinski definition) is 2. The summed E-state index contributed by atoms with van der Waals surface area (Å²) < 4.78 is 0. The van der Waals surface area contributed by atoms with Crippen molar-refractivity contribution in [1.29, 1.82) is 0 Å². The van der Waals surface area contributed by atoms with Crippen LogP contribution in [0.4, 0.5) is 0 Å². The Balaban J connectivity index is 1.48. The van der Waals surface area contributed by atoms with Gasteiger partial charge in [-0.15, -0.1) is 11.3 Å². The minimum absolute atomic E-state index is 0.000978. The lowest BCUT2D eigenvalue weighted by molar-refractivity contribution is 0.0622. The van der Waals surface area contributed by atoms with Gasteiger partial charge in [0.25, 0.3) is 5.91 Å². The molecule has 2 aromatic rings. The molecule has 5 rings (SSSR count). The van der Waals surface area contributed by atoms with Gasteiger partial charge in [-0.2, -0.15) is 0 Å². The number of benzene rings is 1. The van der Waals surface area contributed by atoms with E-state index in [1.165, 1.54) is 24.2 Å². The first-order valence-corrected chi connectivity index (χ1v) is 9.45. The van der Waals surface area contributed by atoms with Crippen molar-refractivity contribution in [2.75, 3.05) is 19.6 Å². The van der Waals surface area contributed by atoms with E-state index in [1.54, 1.807) is 12.1 Å². The highest BCUT2D eigenvalue weighted by molar-refractivity contribution is 7.17. The lowest BCUT2D eigenvalue weighted by atomic mass is 9.84. The van der Waals surface area contributed by atoms with E-state index in [0.29, 0.717) is 16.4 Å². The first-order chi connectivity index (χ1) is 12.1. The minimum Gasteiger partial charge on any atom is -0.366 e. The predicted molar refractivity (Wildman–Crippen MR) is 98.7 cm³/mol. The molecule has 0 radical (unpaired) electrons. The molecule has 0 aliphatic carbocycles. The van der Waals surface area contributed by atoms with Crippen molar-refractivity contribution in [3.8, 4) is 10.4 Å². The molecule has 25 heavy (non-hydrogen) atoms. The monoisotopic (exact) mass is 355 g/mol. The van der Waals surface area contributed by atoms with E-state index in [9.17, 15) is 9.59 Å². The van der Waals surface area contributed by atoms with Crippen LogP contribution in [0.5, 0.6) is 0 Å². The Morgan fingerprint density at radius 2 is 1.96 bits per heavy atom. The van der Waals surface area contributed by atoms with E-state index < -0.39 is 5.91 Å². The van der Waals surface area contributed by atoms with Crippen LogP contribution in [0.25, 0.3) is 10.4 Å². The Morgan fingerprint density at radius 1 is 1.16 bits per heavy atom. The molecule has 1 atom stereocenters. The van der Waals surface area contributed by atoms with E-state index in [-0.39, 0.29) is 11.9 Å². The fraction of sp³-hybridized carbons (Fsp3) is 0.368. The van der Waals surface area contributed by atoms with Crippen molar-refractivity contribution in [1.82, 2.24) is 10.2 Å². The predicted octanol–water partition coefficient (Wildman–Crippen LogP) is 2.34. The second-order valence-corrected chi connectivity index (χ2v) is 7.91. The minimum atomic E-state index is -0.446. The molecular formula is C19H21N3O2S. The normalized spacial score (nSPS) is 24.9. The third-order valence-electron chi connectivity index (χ3n) is 5.23. The number of nitrogens with two attached hydrogens (primary N) is 1. The second-order valence-electron chi connectivity index (χ2n) is 6.83. The maximum Gasteiger partial charge on any atom is 0.261 e. The van der Waals surface area contributed by atoms with Crippen LogP contribution in [0.3, 0.4) is 0 Å². The Morgan fingerprint density at radius 3 is 2.64 bits per heavy atom. The molecule has 130 valence electrons. The maximum absolute atomic E-state index is 12.6. The number of fused-ring (bicyclic) bond motifs is 3. The third-order valence-corrected chi connectivity index (χ3v) is 6.37. The van der Waals surface area contributed by atoms with Crippen LogP contribution in [-0.2, 0) is 0 Å². The number of hydrogen-bond acceptors (Lipinski definition) is 4. The smallest absolute Gasteiger partial charge is 0.261 e. The van der Waals surface area contributed by atoms with E-state index in [1.807, 2.05) is 24.3 Å². The zero-order valence-electron chi connectivity index (χ0n) is 13.9. The number of primary amides is 1. The summed E-state index contributed by atoms with van der Waals surface area (Å²) >= 11 is 1.45. The molecule has 2 bridgehead atoms. The maximum atomic E-state index is 12.6.